The van der Waals surface area contributed by atoms with Gasteiger partial charge in [0.1, 0.15) is 17.1 Å². The highest BCUT2D eigenvalue weighted by molar-refractivity contribution is 5.89. The highest BCUT2D eigenvalue weighted by Crippen LogP contribution is 2.38. The summed E-state index contributed by atoms with van der Waals surface area (Å²) in [5.41, 5.74) is -1.33. The molecule has 2 aromatic carbocycles. The summed E-state index contributed by atoms with van der Waals surface area (Å²) in [5.74, 6) is -4.13. The number of esters is 2. The van der Waals surface area contributed by atoms with Gasteiger partial charge in [0.05, 0.1) is 24.2 Å². The average Bonchev–Trinajstić information content (AvgIpc) is 2.80. The number of halogens is 3. The fourth-order valence-corrected chi connectivity index (χ4v) is 3.01. The molecule has 3 rings (SSSR count). The van der Waals surface area contributed by atoms with E-state index in [1.54, 1.807) is 13.8 Å². The van der Waals surface area contributed by atoms with E-state index in [0.29, 0.717) is 0 Å². The molecule has 0 aliphatic carbocycles. The SMILES string of the molecule is CCOC(=O)c1ccc(Oc2c(C(F)(F)F)oc3cc(OC(C)C(=O)OCC)ccc3c2=O)cc1. The van der Waals surface area contributed by atoms with Crippen LogP contribution in [0.2, 0.25) is 0 Å². The summed E-state index contributed by atoms with van der Waals surface area (Å²) in [4.78, 5) is 36.4. The largest absolute Gasteiger partial charge is 0.479 e. The lowest BCUT2D eigenvalue weighted by molar-refractivity contribution is -0.154. The molecule has 0 saturated carbocycles. The van der Waals surface area contributed by atoms with Crippen LogP contribution in [0, 0.1) is 0 Å². The van der Waals surface area contributed by atoms with Crippen molar-refractivity contribution >= 4 is 22.9 Å². The Morgan fingerprint density at radius 1 is 0.971 bits per heavy atom. The summed E-state index contributed by atoms with van der Waals surface area (Å²) in [5, 5.41) is -0.202. The number of carbonyl (C=O) groups excluding carboxylic acids is 2. The maximum absolute atomic E-state index is 13.7. The number of hydrogen-bond acceptors (Lipinski definition) is 8. The van der Waals surface area contributed by atoms with Crippen LogP contribution in [0.3, 0.4) is 0 Å². The third-order valence-corrected chi connectivity index (χ3v) is 4.60. The van der Waals surface area contributed by atoms with Crippen molar-refractivity contribution in [3.05, 3.63) is 64.0 Å². The van der Waals surface area contributed by atoms with Gasteiger partial charge in [-0.25, -0.2) is 9.59 Å². The Labute approximate surface area is 197 Å². The number of benzene rings is 2. The number of hydrogen-bond donors (Lipinski definition) is 0. The molecule has 0 aliphatic heterocycles. The number of fused-ring (bicyclic) bond motifs is 1. The van der Waals surface area contributed by atoms with Gasteiger partial charge in [-0.1, -0.05) is 0 Å². The lowest BCUT2D eigenvalue weighted by Crippen LogP contribution is -2.26. The van der Waals surface area contributed by atoms with Gasteiger partial charge in [-0.3, -0.25) is 4.79 Å². The van der Waals surface area contributed by atoms with Crippen molar-refractivity contribution in [3.63, 3.8) is 0 Å². The van der Waals surface area contributed by atoms with Gasteiger partial charge < -0.3 is 23.4 Å². The molecule has 1 heterocycles. The minimum atomic E-state index is -5.07. The lowest BCUT2D eigenvalue weighted by atomic mass is 10.2. The van der Waals surface area contributed by atoms with E-state index in [1.807, 2.05) is 0 Å². The number of alkyl halides is 3. The summed E-state index contributed by atoms with van der Waals surface area (Å²) in [6.07, 6.45) is -6.11. The molecule has 0 fully saturated rings. The number of carbonyl (C=O) groups is 2. The van der Waals surface area contributed by atoms with Crippen LogP contribution in [0.5, 0.6) is 17.2 Å². The smallest absolute Gasteiger partial charge is 0.453 e. The van der Waals surface area contributed by atoms with Gasteiger partial charge in [-0.05, 0) is 57.2 Å². The molecule has 0 N–H and O–H groups in total. The van der Waals surface area contributed by atoms with E-state index < -0.39 is 46.7 Å². The van der Waals surface area contributed by atoms with Gasteiger partial charge in [0, 0.05) is 6.07 Å². The molecule has 3 aromatic rings. The predicted molar refractivity (Wildman–Crippen MR) is 117 cm³/mol. The minimum absolute atomic E-state index is 0.00227. The van der Waals surface area contributed by atoms with Crippen molar-refractivity contribution in [2.75, 3.05) is 13.2 Å². The van der Waals surface area contributed by atoms with Crippen LogP contribution < -0.4 is 14.9 Å². The molecule has 1 unspecified atom stereocenters. The number of rotatable bonds is 8. The molecule has 0 aliphatic rings. The van der Waals surface area contributed by atoms with E-state index >= 15 is 0 Å². The van der Waals surface area contributed by atoms with Crippen LogP contribution in [0.15, 0.2) is 51.7 Å². The minimum Gasteiger partial charge on any atom is -0.479 e. The van der Waals surface area contributed by atoms with Crippen molar-refractivity contribution in [1.29, 1.82) is 0 Å². The Kier molecular flexibility index (Phi) is 7.68. The van der Waals surface area contributed by atoms with E-state index in [-0.39, 0.29) is 35.7 Å². The summed E-state index contributed by atoms with van der Waals surface area (Å²) in [7, 11) is 0. The molecule has 1 atom stereocenters. The van der Waals surface area contributed by atoms with E-state index in [1.165, 1.54) is 43.3 Å². The molecule has 35 heavy (non-hydrogen) atoms. The van der Waals surface area contributed by atoms with Gasteiger partial charge in [0.15, 0.2) is 6.10 Å². The molecule has 1 aromatic heterocycles. The predicted octanol–water partition coefficient (Wildman–Crippen LogP) is 5.11. The zero-order valence-corrected chi connectivity index (χ0v) is 18.9. The lowest BCUT2D eigenvalue weighted by Gasteiger charge is -2.15. The van der Waals surface area contributed by atoms with Gasteiger partial charge in [-0.15, -0.1) is 0 Å². The van der Waals surface area contributed by atoms with Crippen molar-refractivity contribution in [2.24, 2.45) is 0 Å². The molecular weight excluding hydrogens is 473 g/mol. The highest BCUT2D eigenvalue weighted by Gasteiger charge is 2.40. The quantitative estimate of drug-likeness (QED) is 0.398. The van der Waals surface area contributed by atoms with Crippen LogP contribution in [-0.2, 0) is 20.4 Å². The van der Waals surface area contributed by atoms with Gasteiger partial charge >= 0.3 is 18.1 Å². The molecular formula is C24H21F3O8. The molecule has 0 bridgehead atoms. The van der Waals surface area contributed by atoms with Crippen LogP contribution >= 0.6 is 0 Å². The summed E-state index contributed by atoms with van der Waals surface area (Å²) < 4.78 is 66.6. The maximum Gasteiger partial charge on any atom is 0.453 e. The third-order valence-electron chi connectivity index (χ3n) is 4.60. The second-order valence-electron chi connectivity index (χ2n) is 7.10. The summed E-state index contributed by atoms with van der Waals surface area (Å²) in [6, 6.07) is 8.60. The summed E-state index contributed by atoms with van der Waals surface area (Å²) in [6.45, 7) is 4.93. The first-order valence-corrected chi connectivity index (χ1v) is 10.5. The zero-order valence-electron chi connectivity index (χ0n) is 18.9. The monoisotopic (exact) mass is 494 g/mol. The van der Waals surface area contributed by atoms with Crippen molar-refractivity contribution in [2.45, 2.75) is 33.1 Å². The Balaban J connectivity index is 1.99. The second kappa shape index (κ2) is 10.5. The average molecular weight is 494 g/mol. The van der Waals surface area contributed by atoms with Gasteiger partial charge in [0.25, 0.3) is 5.76 Å². The molecule has 8 nitrogen and oxygen atoms in total. The fourth-order valence-electron chi connectivity index (χ4n) is 3.01. The standard InChI is InChI=1S/C24H21F3O8/c1-4-31-22(29)13(3)33-16-10-11-17-18(12-16)35-21(24(25,26)27)20(19(17)28)34-15-8-6-14(7-9-15)23(30)32-5-2/h6-13H,4-5H2,1-3H3. The van der Waals surface area contributed by atoms with Crippen LogP contribution in [0.1, 0.15) is 36.9 Å². The topological polar surface area (TPSA) is 101 Å². The molecule has 0 radical (unpaired) electrons. The second-order valence-corrected chi connectivity index (χ2v) is 7.10. The molecule has 186 valence electrons. The van der Waals surface area contributed by atoms with Crippen LogP contribution in [-0.4, -0.2) is 31.3 Å². The molecule has 0 saturated heterocycles. The fraction of sp³-hybridized carbons (Fsp3) is 0.292. The van der Waals surface area contributed by atoms with E-state index in [2.05, 4.69) is 0 Å². The Hall–Kier alpha value is -4.02. The van der Waals surface area contributed by atoms with Gasteiger partial charge in [0.2, 0.25) is 11.2 Å². The Morgan fingerprint density at radius 2 is 1.60 bits per heavy atom. The van der Waals surface area contributed by atoms with Crippen molar-refractivity contribution in [3.8, 4) is 17.2 Å². The molecule has 0 spiro atoms. The zero-order chi connectivity index (χ0) is 25.8. The molecule has 0 amide bonds. The first-order valence-electron chi connectivity index (χ1n) is 10.5. The normalized spacial score (nSPS) is 12.2. The number of ether oxygens (including phenoxy) is 4. The third kappa shape index (κ3) is 5.92. The Morgan fingerprint density at radius 3 is 2.20 bits per heavy atom. The van der Waals surface area contributed by atoms with E-state index in [4.69, 9.17) is 23.4 Å². The highest BCUT2D eigenvalue weighted by atomic mass is 19.4. The van der Waals surface area contributed by atoms with Crippen LogP contribution in [0.25, 0.3) is 11.0 Å². The Bertz CT molecular complexity index is 1280. The van der Waals surface area contributed by atoms with Crippen LogP contribution in [0.4, 0.5) is 13.2 Å². The van der Waals surface area contributed by atoms with Gasteiger partial charge in [-0.2, -0.15) is 13.2 Å². The first kappa shape index (κ1) is 25.6. The summed E-state index contributed by atoms with van der Waals surface area (Å²) >= 11 is 0. The maximum atomic E-state index is 13.7. The van der Waals surface area contributed by atoms with Crippen molar-refractivity contribution < 1.29 is 46.1 Å². The van der Waals surface area contributed by atoms with E-state index in [0.717, 1.165) is 6.07 Å². The van der Waals surface area contributed by atoms with E-state index in [9.17, 15) is 27.6 Å². The first-order chi connectivity index (χ1) is 16.5. The molecule has 11 heteroatoms. The van der Waals surface area contributed by atoms with Crippen molar-refractivity contribution in [1.82, 2.24) is 0 Å².